The number of ether oxygens (including phenoxy) is 1. The van der Waals surface area contributed by atoms with Gasteiger partial charge in [0.25, 0.3) is 0 Å². The van der Waals surface area contributed by atoms with E-state index in [0.29, 0.717) is 5.69 Å². The molecular weight excluding hydrogens is 446 g/mol. The molecule has 1 aliphatic rings. The predicted octanol–water partition coefficient (Wildman–Crippen LogP) is -0.690. The maximum absolute atomic E-state index is 12.3. The topological polar surface area (TPSA) is 204 Å². The van der Waals surface area contributed by atoms with Gasteiger partial charge in [-0.3, -0.25) is 14.1 Å². The number of rotatable bonds is 6. The lowest BCUT2D eigenvalue weighted by atomic mass is 10.1. The molecule has 1 aromatic carbocycles. The van der Waals surface area contributed by atoms with Gasteiger partial charge in [-0.15, -0.1) is 0 Å². The lowest BCUT2D eigenvalue weighted by molar-refractivity contribution is -0.0467. The number of para-hydroxylation sites is 1. The molecule has 4 rings (SSSR count). The molecule has 1 aliphatic heterocycles. The molecule has 0 unspecified atom stereocenters. The molecule has 170 valence electrons. The Hall–Kier alpha value is -3.21. The Balaban J connectivity index is 1.53. The monoisotopic (exact) mass is 465 g/mol. The number of hydrogen-bond donors (Lipinski definition) is 5. The molecule has 0 aliphatic carbocycles. The number of benzene rings is 1. The fourth-order valence-corrected chi connectivity index (χ4v) is 3.50. The fraction of sp³-hybridized carbons (Fsp3) is 0.294. The molecule has 4 atom stereocenters. The maximum Gasteiger partial charge on any atom is 0.333 e. The number of carbonyl (C=O) groups is 1. The maximum atomic E-state index is 12.3. The Morgan fingerprint density at radius 2 is 1.91 bits per heavy atom. The number of amides is 2. The molecule has 2 aromatic heterocycles. The van der Waals surface area contributed by atoms with Gasteiger partial charge in [-0.1, -0.05) is 18.2 Å². The summed E-state index contributed by atoms with van der Waals surface area (Å²) in [5.74, 6) is 0.101. The van der Waals surface area contributed by atoms with Crippen molar-refractivity contribution in [3.8, 4) is 0 Å². The molecule has 3 aromatic rings. The van der Waals surface area contributed by atoms with Crippen LogP contribution in [0.2, 0.25) is 0 Å². The smallest absolute Gasteiger partial charge is 0.333 e. The summed E-state index contributed by atoms with van der Waals surface area (Å²) in [6.07, 6.45) is -2.79. The van der Waals surface area contributed by atoms with E-state index in [9.17, 15) is 23.4 Å². The van der Waals surface area contributed by atoms with Crippen molar-refractivity contribution in [2.45, 2.75) is 24.5 Å². The third kappa shape index (κ3) is 4.67. The van der Waals surface area contributed by atoms with Gasteiger partial charge in [0.05, 0.1) is 12.9 Å². The van der Waals surface area contributed by atoms with Crippen molar-refractivity contribution in [3.63, 3.8) is 0 Å². The number of hydrogen-bond acceptors (Lipinski definition) is 10. The lowest BCUT2D eigenvalue weighted by Gasteiger charge is -2.16. The van der Waals surface area contributed by atoms with E-state index in [1.54, 1.807) is 24.3 Å². The minimum absolute atomic E-state index is 0.101. The van der Waals surface area contributed by atoms with Crippen molar-refractivity contribution >= 4 is 39.0 Å². The summed E-state index contributed by atoms with van der Waals surface area (Å²) in [6.45, 7) is -0.596. The van der Waals surface area contributed by atoms with Crippen molar-refractivity contribution in [2.75, 3.05) is 17.2 Å². The highest BCUT2D eigenvalue weighted by Crippen LogP contribution is 2.32. The Morgan fingerprint density at radius 3 is 2.62 bits per heavy atom. The van der Waals surface area contributed by atoms with E-state index in [1.165, 1.54) is 17.2 Å². The summed E-state index contributed by atoms with van der Waals surface area (Å²) in [6, 6.07) is 8.21. The highest BCUT2D eigenvalue weighted by molar-refractivity contribution is 7.84. The van der Waals surface area contributed by atoms with Crippen LogP contribution in [0.15, 0.2) is 43.0 Å². The number of nitrogens with one attached hydrogen (secondary N) is 2. The molecule has 6 N–H and O–H groups in total. The molecule has 3 heterocycles. The van der Waals surface area contributed by atoms with Gasteiger partial charge >= 0.3 is 16.3 Å². The summed E-state index contributed by atoms with van der Waals surface area (Å²) < 4.78 is 33.3. The molecule has 14 nitrogen and oxygen atoms in total. The summed E-state index contributed by atoms with van der Waals surface area (Å²) in [4.78, 5) is 24.6. The first kappa shape index (κ1) is 22.0. The van der Waals surface area contributed by atoms with Crippen molar-refractivity contribution < 1.29 is 32.3 Å². The lowest BCUT2D eigenvalue weighted by Crippen LogP contribution is -2.35. The Labute approximate surface area is 181 Å². The summed E-state index contributed by atoms with van der Waals surface area (Å²) in [5, 5.41) is 30.6. The second-order valence-corrected chi connectivity index (χ2v) is 8.04. The molecular formula is C17H19N7O7S. The average molecular weight is 465 g/mol. The van der Waals surface area contributed by atoms with Crippen molar-refractivity contribution in [1.29, 1.82) is 0 Å². The molecule has 1 fully saturated rings. The zero-order chi connectivity index (χ0) is 22.9. The second-order valence-electron chi connectivity index (χ2n) is 6.82. The number of carbonyl (C=O) groups excluding carboxylic acids is 1. The number of aliphatic hydroxyl groups is 2. The van der Waals surface area contributed by atoms with Crippen molar-refractivity contribution in [2.24, 2.45) is 5.14 Å². The van der Waals surface area contributed by atoms with E-state index >= 15 is 0 Å². The first-order valence-corrected chi connectivity index (χ1v) is 10.7. The van der Waals surface area contributed by atoms with Gasteiger partial charge < -0.3 is 20.3 Å². The van der Waals surface area contributed by atoms with Gasteiger partial charge in [-0.25, -0.2) is 24.9 Å². The third-order valence-electron chi connectivity index (χ3n) is 4.63. The van der Waals surface area contributed by atoms with Crippen LogP contribution in [0.5, 0.6) is 0 Å². The van der Waals surface area contributed by atoms with Gasteiger partial charge in [0.2, 0.25) is 0 Å². The van der Waals surface area contributed by atoms with Crippen LogP contribution >= 0.6 is 0 Å². The molecule has 0 spiro atoms. The highest BCUT2D eigenvalue weighted by atomic mass is 32.2. The summed E-state index contributed by atoms with van der Waals surface area (Å²) in [7, 11) is -4.26. The average Bonchev–Trinajstić information content (AvgIpc) is 3.29. The van der Waals surface area contributed by atoms with Crippen LogP contribution in [-0.4, -0.2) is 69.1 Å². The van der Waals surface area contributed by atoms with Crippen LogP contribution in [0.4, 0.5) is 16.3 Å². The van der Waals surface area contributed by atoms with E-state index in [2.05, 4.69) is 29.8 Å². The number of anilines is 2. The zero-order valence-electron chi connectivity index (χ0n) is 16.3. The number of nitrogens with zero attached hydrogens (tertiary/aromatic N) is 4. The molecule has 1 saturated heterocycles. The molecule has 2 amide bonds. The van der Waals surface area contributed by atoms with Crippen LogP contribution in [-0.2, 0) is 19.2 Å². The quantitative estimate of drug-likeness (QED) is 0.310. The van der Waals surface area contributed by atoms with Crippen LogP contribution in [0.1, 0.15) is 6.23 Å². The van der Waals surface area contributed by atoms with E-state index in [1.807, 2.05) is 6.07 Å². The predicted molar refractivity (Wildman–Crippen MR) is 109 cm³/mol. The largest absolute Gasteiger partial charge is 0.387 e. The standard InChI is InChI=1S/C17H19N7O7S/c18-32(28,29)30-6-10-12(25)13(26)16(31-10)24-8-21-11-14(19-7-20-15(11)24)23-17(27)22-9-4-2-1-3-5-9/h1-5,7-8,10,12-13,16,25-26H,6H2,(H2,18,28,29)(H2,19,20,22,23,27)/t10-,12-,13-,16-/m1/s1. The number of imidazole rings is 1. The second kappa shape index (κ2) is 8.73. The molecule has 0 radical (unpaired) electrons. The molecule has 0 saturated carbocycles. The van der Waals surface area contributed by atoms with Crippen molar-refractivity contribution in [3.05, 3.63) is 43.0 Å². The minimum atomic E-state index is -4.26. The zero-order valence-corrected chi connectivity index (χ0v) is 17.1. The van der Waals surface area contributed by atoms with Gasteiger partial charge in [0, 0.05) is 5.69 Å². The summed E-state index contributed by atoms with van der Waals surface area (Å²) >= 11 is 0. The van der Waals surface area contributed by atoms with Crippen LogP contribution in [0, 0.1) is 0 Å². The molecule has 32 heavy (non-hydrogen) atoms. The van der Waals surface area contributed by atoms with E-state index in [-0.39, 0.29) is 17.0 Å². The number of nitrogens with two attached hydrogens (primary N) is 1. The number of aromatic nitrogens is 4. The van der Waals surface area contributed by atoms with E-state index < -0.39 is 47.5 Å². The van der Waals surface area contributed by atoms with Crippen molar-refractivity contribution in [1.82, 2.24) is 19.5 Å². The first-order valence-electron chi connectivity index (χ1n) is 9.22. The Morgan fingerprint density at radius 1 is 1.16 bits per heavy atom. The van der Waals surface area contributed by atoms with Gasteiger partial charge in [0.1, 0.15) is 24.6 Å². The number of aliphatic hydroxyl groups excluding tert-OH is 2. The molecule has 15 heteroatoms. The fourth-order valence-electron chi connectivity index (χ4n) is 3.18. The van der Waals surface area contributed by atoms with Gasteiger partial charge in [-0.05, 0) is 12.1 Å². The normalized spacial score (nSPS) is 23.3. The van der Waals surface area contributed by atoms with Crippen LogP contribution in [0.25, 0.3) is 11.2 Å². The number of urea groups is 1. The Bertz CT molecular complexity index is 1220. The third-order valence-corrected chi connectivity index (χ3v) is 5.09. The minimum Gasteiger partial charge on any atom is -0.387 e. The van der Waals surface area contributed by atoms with Gasteiger partial charge in [-0.2, -0.15) is 8.42 Å². The van der Waals surface area contributed by atoms with E-state index in [0.717, 1.165) is 0 Å². The van der Waals surface area contributed by atoms with Crippen LogP contribution in [0.3, 0.4) is 0 Å². The Kier molecular flexibility index (Phi) is 6.00. The highest BCUT2D eigenvalue weighted by Gasteiger charge is 2.45. The SMILES string of the molecule is NS(=O)(=O)OC[C@H]1O[C@@H](n2cnc3c(NC(=O)Nc4ccccc4)ncnc32)[C@H](O)[C@@H]1O. The number of fused-ring (bicyclic) bond motifs is 1. The first-order chi connectivity index (χ1) is 15.2. The van der Waals surface area contributed by atoms with Crippen LogP contribution < -0.4 is 15.8 Å². The van der Waals surface area contributed by atoms with E-state index in [4.69, 9.17) is 9.88 Å². The summed E-state index contributed by atoms with van der Waals surface area (Å²) in [5.41, 5.74) is 0.967. The van der Waals surface area contributed by atoms with Gasteiger partial charge in [0.15, 0.2) is 23.2 Å². The molecule has 0 bridgehead atoms.